The lowest BCUT2D eigenvalue weighted by atomic mass is 9.47. The van der Waals surface area contributed by atoms with Crippen molar-refractivity contribution in [2.75, 3.05) is 0 Å². The molecule has 0 aromatic rings. The van der Waals surface area contributed by atoms with Crippen LogP contribution >= 0.6 is 0 Å². The summed E-state index contributed by atoms with van der Waals surface area (Å²) in [5.41, 5.74) is 1.52. The van der Waals surface area contributed by atoms with Crippen molar-refractivity contribution in [2.24, 2.45) is 22.7 Å². The number of fused-ring (bicyclic) bond motifs is 1. The van der Waals surface area contributed by atoms with Crippen molar-refractivity contribution < 1.29 is 19.7 Å². The van der Waals surface area contributed by atoms with Crippen LogP contribution < -0.4 is 0 Å². The molecule has 0 saturated heterocycles. The molecule has 24 heavy (non-hydrogen) atoms. The third kappa shape index (κ3) is 2.76. The Kier molecular flexibility index (Phi) is 4.25. The van der Waals surface area contributed by atoms with E-state index in [2.05, 4.69) is 27.4 Å². The zero-order chi connectivity index (χ0) is 17.7. The average Bonchev–Trinajstić information content (AvgIpc) is 2.79. The lowest BCUT2D eigenvalue weighted by Crippen LogP contribution is -2.52. The number of carbonyl (C=O) groups is 1. The number of carbonyl (C=O) groups excluding carboxylic acids is 1. The highest BCUT2D eigenvalue weighted by atomic mass is 16.6. The molecule has 0 amide bonds. The highest BCUT2D eigenvalue weighted by molar-refractivity contribution is 5.86. The molecule has 2 fully saturated rings. The summed E-state index contributed by atoms with van der Waals surface area (Å²) in [7, 11) is 0. The topological polar surface area (TPSA) is 66.8 Å². The predicted octanol–water partition coefficient (Wildman–Crippen LogP) is 3.11. The Labute approximate surface area is 143 Å². The van der Waals surface area contributed by atoms with Gasteiger partial charge in [-0.1, -0.05) is 45.9 Å². The SMILES string of the molecule is C=C1[C@@H](O)C[C@H]2C(C)(C)CCC[C@]2(C)[C@H]1/C=C/C1=CC(=O)O[C@@H]1O. The van der Waals surface area contributed by atoms with Crippen LogP contribution in [0.5, 0.6) is 0 Å². The van der Waals surface area contributed by atoms with Gasteiger partial charge in [-0.2, -0.15) is 0 Å². The van der Waals surface area contributed by atoms with E-state index in [9.17, 15) is 15.0 Å². The fourth-order valence-electron chi connectivity index (χ4n) is 5.23. The Balaban J connectivity index is 1.93. The Bertz CT molecular complexity index is 615. The summed E-state index contributed by atoms with van der Waals surface area (Å²) >= 11 is 0. The third-order valence-corrected chi connectivity index (χ3v) is 6.55. The standard InChI is InChI=1S/C20H28O4/c1-12-14(7-6-13-10-17(22)24-18(13)23)20(4)9-5-8-19(2,3)16(20)11-15(12)21/h6-7,10,14-16,18,21,23H,1,5,8-9,11H2,2-4H3/b7-6+/t14-,15-,16-,18-,20+/m0/s1. The molecule has 4 heteroatoms. The first-order valence-corrected chi connectivity index (χ1v) is 8.80. The number of cyclic esters (lactones) is 1. The van der Waals surface area contributed by atoms with Crippen LogP contribution in [0.3, 0.4) is 0 Å². The molecule has 2 saturated carbocycles. The molecule has 1 heterocycles. The highest BCUT2D eigenvalue weighted by Crippen LogP contribution is 2.61. The molecule has 0 bridgehead atoms. The fraction of sp³-hybridized carbons (Fsp3) is 0.650. The number of aliphatic hydroxyl groups excluding tert-OH is 2. The predicted molar refractivity (Wildman–Crippen MR) is 91.8 cm³/mol. The third-order valence-electron chi connectivity index (χ3n) is 6.55. The summed E-state index contributed by atoms with van der Waals surface area (Å²) in [5.74, 6) is -0.0866. The van der Waals surface area contributed by atoms with E-state index >= 15 is 0 Å². The van der Waals surface area contributed by atoms with Crippen molar-refractivity contribution in [1.82, 2.24) is 0 Å². The maximum atomic E-state index is 11.3. The minimum Gasteiger partial charge on any atom is -0.428 e. The smallest absolute Gasteiger partial charge is 0.333 e. The van der Waals surface area contributed by atoms with Crippen LogP contribution in [-0.2, 0) is 9.53 Å². The van der Waals surface area contributed by atoms with E-state index in [1.54, 1.807) is 6.08 Å². The molecular formula is C20H28O4. The van der Waals surface area contributed by atoms with E-state index in [-0.39, 0.29) is 16.7 Å². The summed E-state index contributed by atoms with van der Waals surface area (Å²) < 4.78 is 4.73. The molecule has 2 aliphatic carbocycles. The second-order valence-corrected chi connectivity index (χ2v) is 8.50. The van der Waals surface area contributed by atoms with Crippen LogP contribution in [0.25, 0.3) is 0 Å². The zero-order valence-corrected chi connectivity index (χ0v) is 14.8. The summed E-state index contributed by atoms with van der Waals surface area (Å²) in [6.07, 6.45) is 7.57. The minimum atomic E-state index is -1.19. The number of ether oxygens (including phenoxy) is 1. The zero-order valence-electron chi connectivity index (χ0n) is 14.8. The van der Waals surface area contributed by atoms with Gasteiger partial charge in [0.1, 0.15) is 0 Å². The van der Waals surface area contributed by atoms with E-state index < -0.39 is 18.4 Å². The van der Waals surface area contributed by atoms with Crippen LogP contribution in [0.1, 0.15) is 46.5 Å². The van der Waals surface area contributed by atoms with Gasteiger partial charge in [-0.15, -0.1) is 0 Å². The second-order valence-electron chi connectivity index (χ2n) is 8.50. The second kappa shape index (κ2) is 5.85. The molecule has 5 atom stereocenters. The molecule has 3 aliphatic rings. The molecule has 2 N–H and O–H groups in total. The number of hydrogen-bond acceptors (Lipinski definition) is 4. The van der Waals surface area contributed by atoms with Gasteiger partial charge in [0, 0.05) is 17.6 Å². The molecule has 132 valence electrons. The van der Waals surface area contributed by atoms with Crippen molar-refractivity contribution in [3.63, 3.8) is 0 Å². The normalized spacial score (nSPS) is 42.0. The van der Waals surface area contributed by atoms with Gasteiger partial charge in [0.05, 0.1) is 6.10 Å². The number of allylic oxidation sites excluding steroid dienone is 1. The number of aliphatic hydroxyl groups is 2. The van der Waals surface area contributed by atoms with Crippen molar-refractivity contribution in [3.8, 4) is 0 Å². The van der Waals surface area contributed by atoms with Crippen molar-refractivity contribution in [2.45, 2.75) is 58.8 Å². The van der Waals surface area contributed by atoms with Gasteiger partial charge < -0.3 is 14.9 Å². The first-order chi connectivity index (χ1) is 11.1. The molecule has 0 aromatic heterocycles. The van der Waals surface area contributed by atoms with Gasteiger partial charge in [0.2, 0.25) is 6.29 Å². The first-order valence-electron chi connectivity index (χ1n) is 8.80. The first kappa shape index (κ1) is 17.4. The van der Waals surface area contributed by atoms with E-state index in [1.165, 1.54) is 18.9 Å². The van der Waals surface area contributed by atoms with Gasteiger partial charge in [0.15, 0.2) is 0 Å². The summed E-state index contributed by atoms with van der Waals surface area (Å²) in [6, 6.07) is 0. The van der Waals surface area contributed by atoms with Gasteiger partial charge in [-0.05, 0) is 41.6 Å². The van der Waals surface area contributed by atoms with Gasteiger partial charge in [-0.25, -0.2) is 4.79 Å². The Morgan fingerprint density at radius 3 is 2.62 bits per heavy atom. The lowest BCUT2D eigenvalue weighted by Gasteiger charge is -2.58. The van der Waals surface area contributed by atoms with E-state index in [1.807, 2.05) is 6.08 Å². The van der Waals surface area contributed by atoms with Crippen molar-refractivity contribution in [3.05, 3.63) is 36.0 Å². The van der Waals surface area contributed by atoms with E-state index in [4.69, 9.17) is 4.74 Å². The highest BCUT2D eigenvalue weighted by Gasteiger charge is 2.54. The monoisotopic (exact) mass is 332 g/mol. The summed E-state index contributed by atoms with van der Waals surface area (Å²) in [5, 5.41) is 20.3. The fourth-order valence-corrected chi connectivity index (χ4v) is 5.23. The largest absolute Gasteiger partial charge is 0.428 e. The van der Waals surface area contributed by atoms with Crippen LogP contribution in [0.2, 0.25) is 0 Å². The Hall–Kier alpha value is -1.39. The van der Waals surface area contributed by atoms with Crippen LogP contribution in [0.4, 0.5) is 0 Å². The van der Waals surface area contributed by atoms with Crippen molar-refractivity contribution >= 4 is 5.97 Å². The molecule has 0 radical (unpaired) electrons. The van der Waals surface area contributed by atoms with Gasteiger partial charge >= 0.3 is 5.97 Å². The molecule has 0 unspecified atom stereocenters. The number of rotatable bonds is 2. The maximum absolute atomic E-state index is 11.3. The number of esters is 1. The summed E-state index contributed by atoms with van der Waals surface area (Å²) in [4.78, 5) is 11.3. The minimum absolute atomic E-state index is 0.0228. The van der Waals surface area contributed by atoms with Crippen LogP contribution in [0, 0.1) is 22.7 Å². The quantitative estimate of drug-likeness (QED) is 0.602. The Morgan fingerprint density at radius 2 is 2.00 bits per heavy atom. The van der Waals surface area contributed by atoms with Crippen LogP contribution in [-0.4, -0.2) is 28.6 Å². The molecule has 3 rings (SSSR count). The molecule has 0 aromatic carbocycles. The molecular weight excluding hydrogens is 304 g/mol. The van der Waals surface area contributed by atoms with Gasteiger partial charge in [-0.3, -0.25) is 0 Å². The Morgan fingerprint density at radius 1 is 1.29 bits per heavy atom. The molecule has 0 spiro atoms. The number of hydrogen-bond donors (Lipinski definition) is 2. The van der Waals surface area contributed by atoms with E-state index in [0.29, 0.717) is 11.5 Å². The average molecular weight is 332 g/mol. The maximum Gasteiger partial charge on any atom is 0.333 e. The lowest BCUT2D eigenvalue weighted by molar-refractivity contribution is -0.150. The summed E-state index contributed by atoms with van der Waals surface area (Å²) in [6.45, 7) is 11.1. The molecule has 4 nitrogen and oxygen atoms in total. The van der Waals surface area contributed by atoms with E-state index in [0.717, 1.165) is 18.4 Å². The van der Waals surface area contributed by atoms with Gasteiger partial charge in [0.25, 0.3) is 0 Å². The van der Waals surface area contributed by atoms with Crippen LogP contribution in [0.15, 0.2) is 36.0 Å². The molecule has 1 aliphatic heterocycles. The van der Waals surface area contributed by atoms with Crippen molar-refractivity contribution in [1.29, 1.82) is 0 Å².